The first kappa shape index (κ1) is 18.0. The highest BCUT2D eigenvalue weighted by atomic mass is 35.5. The lowest BCUT2D eigenvalue weighted by molar-refractivity contribution is -0.128. The van der Waals surface area contributed by atoms with Crippen LogP contribution in [0.2, 0.25) is 5.02 Å². The lowest BCUT2D eigenvalue weighted by Gasteiger charge is -2.09. The molecule has 5 heteroatoms. The average molecular weight is 367 g/mol. The molecule has 0 aromatic heterocycles. The lowest BCUT2D eigenvalue weighted by Crippen LogP contribution is -2.42. The van der Waals surface area contributed by atoms with Crippen LogP contribution in [0.3, 0.4) is 0 Å². The molecular formula is C21H19ClN2O2. The van der Waals surface area contributed by atoms with E-state index >= 15 is 0 Å². The number of hydrazine groups is 1. The summed E-state index contributed by atoms with van der Waals surface area (Å²) < 4.78 is 0. The van der Waals surface area contributed by atoms with E-state index in [1.165, 1.54) is 0 Å². The van der Waals surface area contributed by atoms with Crippen LogP contribution in [0.25, 0.3) is 10.8 Å². The summed E-state index contributed by atoms with van der Waals surface area (Å²) in [4.78, 5) is 24.0. The molecule has 26 heavy (non-hydrogen) atoms. The fourth-order valence-corrected chi connectivity index (χ4v) is 2.90. The SMILES string of the molecule is O=C(CCc1ccc(Cl)cc1)NNC(=O)Cc1cccc2ccccc12. The van der Waals surface area contributed by atoms with E-state index in [0.29, 0.717) is 11.4 Å². The maximum Gasteiger partial charge on any atom is 0.242 e. The molecule has 2 N–H and O–H groups in total. The molecule has 0 aliphatic rings. The van der Waals surface area contributed by atoms with Gasteiger partial charge in [-0.3, -0.25) is 20.4 Å². The summed E-state index contributed by atoms with van der Waals surface area (Å²) in [5.74, 6) is -0.479. The zero-order valence-electron chi connectivity index (χ0n) is 14.2. The van der Waals surface area contributed by atoms with Crippen molar-refractivity contribution < 1.29 is 9.59 Å². The Labute approximate surface area is 157 Å². The third kappa shape index (κ3) is 4.83. The summed E-state index contributed by atoms with van der Waals surface area (Å²) >= 11 is 5.84. The average Bonchev–Trinajstić information content (AvgIpc) is 2.66. The highest BCUT2D eigenvalue weighted by Gasteiger charge is 2.08. The van der Waals surface area contributed by atoms with Crippen molar-refractivity contribution in [3.8, 4) is 0 Å². The molecule has 3 rings (SSSR count). The maximum absolute atomic E-state index is 12.1. The van der Waals surface area contributed by atoms with Crippen LogP contribution in [0, 0.1) is 0 Å². The first-order valence-electron chi connectivity index (χ1n) is 8.40. The summed E-state index contributed by atoms with van der Waals surface area (Å²) in [6, 6.07) is 21.1. The summed E-state index contributed by atoms with van der Waals surface area (Å²) in [6.45, 7) is 0. The third-order valence-electron chi connectivity index (χ3n) is 4.13. The van der Waals surface area contributed by atoms with Gasteiger partial charge in [-0.2, -0.15) is 0 Å². The van der Waals surface area contributed by atoms with Gasteiger partial charge in [0.15, 0.2) is 0 Å². The summed E-state index contributed by atoms with van der Waals surface area (Å²) in [7, 11) is 0. The van der Waals surface area contributed by atoms with Crippen molar-refractivity contribution in [1.82, 2.24) is 10.9 Å². The van der Waals surface area contributed by atoms with Gasteiger partial charge >= 0.3 is 0 Å². The minimum Gasteiger partial charge on any atom is -0.273 e. The van der Waals surface area contributed by atoms with Crippen molar-refractivity contribution in [1.29, 1.82) is 0 Å². The highest BCUT2D eigenvalue weighted by Crippen LogP contribution is 2.18. The molecule has 0 atom stereocenters. The van der Waals surface area contributed by atoms with Gasteiger partial charge in [-0.1, -0.05) is 66.2 Å². The van der Waals surface area contributed by atoms with Crippen molar-refractivity contribution in [2.45, 2.75) is 19.3 Å². The molecule has 0 spiro atoms. The molecule has 4 nitrogen and oxygen atoms in total. The molecule has 0 saturated carbocycles. The predicted molar refractivity (Wildman–Crippen MR) is 104 cm³/mol. The van der Waals surface area contributed by atoms with Gasteiger partial charge in [0, 0.05) is 11.4 Å². The number of halogens is 1. The molecular weight excluding hydrogens is 348 g/mol. The molecule has 132 valence electrons. The van der Waals surface area contributed by atoms with Crippen molar-refractivity contribution in [2.75, 3.05) is 0 Å². The highest BCUT2D eigenvalue weighted by molar-refractivity contribution is 6.30. The number of fused-ring (bicyclic) bond motifs is 1. The van der Waals surface area contributed by atoms with Gasteiger partial charge in [0.25, 0.3) is 0 Å². The van der Waals surface area contributed by atoms with Gasteiger partial charge in [0.05, 0.1) is 6.42 Å². The smallest absolute Gasteiger partial charge is 0.242 e. The first-order valence-corrected chi connectivity index (χ1v) is 8.78. The Morgan fingerprint density at radius 2 is 1.50 bits per heavy atom. The Balaban J connectivity index is 1.49. The second-order valence-electron chi connectivity index (χ2n) is 6.04. The van der Waals surface area contributed by atoms with Gasteiger partial charge in [0.1, 0.15) is 0 Å². The molecule has 0 aliphatic carbocycles. The summed E-state index contributed by atoms with van der Waals surface area (Å²) in [5.41, 5.74) is 6.90. The van der Waals surface area contributed by atoms with Gasteiger partial charge < -0.3 is 0 Å². The van der Waals surface area contributed by atoms with Crippen LogP contribution < -0.4 is 10.9 Å². The van der Waals surface area contributed by atoms with Crippen LogP contribution in [-0.2, 0) is 22.4 Å². The quantitative estimate of drug-likeness (QED) is 0.674. The van der Waals surface area contributed by atoms with E-state index < -0.39 is 0 Å². The largest absolute Gasteiger partial charge is 0.273 e. The summed E-state index contributed by atoms with van der Waals surface area (Å²) in [6.07, 6.45) is 1.08. The first-order chi connectivity index (χ1) is 12.6. The van der Waals surface area contributed by atoms with E-state index in [0.717, 1.165) is 21.9 Å². The standard InChI is InChI=1S/C21H19ClN2O2/c22-18-11-8-15(9-12-18)10-13-20(25)23-24-21(26)14-17-6-3-5-16-4-1-2-7-19(16)17/h1-9,11-12H,10,13-14H2,(H,23,25)(H,24,26). The number of aryl methyl sites for hydroxylation is 1. The van der Waals surface area contributed by atoms with E-state index in [1.54, 1.807) is 12.1 Å². The maximum atomic E-state index is 12.1. The summed E-state index contributed by atoms with van der Waals surface area (Å²) in [5, 5.41) is 2.79. The van der Waals surface area contributed by atoms with Crippen molar-refractivity contribution in [3.05, 3.63) is 82.9 Å². The normalized spacial score (nSPS) is 10.5. The minimum absolute atomic E-state index is 0.207. The van der Waals surface area contributed by atoms with Gasteiger partial charge in [0.2, 0.25) is 11.8 Å². The van der Waals surface area contributed by atoms with Crippen LogP contribution in [-0.4, -0.2) is 11.8 Å². The number of hydrogen-bond acceptors (Lipinski definition) is 2. The van der Waals surface area contributed by atoms with Crippen molar-refractivity contribution in [3.63, 3.8) is 0 Å². The number of benzene rings is 3. The van der Waals surface area contributed by atoms with E-state index in [1.807, 2.05) is 54.6 Å². The molecule has 3 aromatic rings. The molecule has 0 bridgehead atoms. The molecule has 2 amide bonds. The minimum atomic E-state index is -0.249. The molecule has 0 fully saturated rings. The second kappa shape index (κ2) is 8.50. The number of carbonyl (C=O) groups is 2. The molecule has 0 aliphatic heterocycles. The third-order valence-corrected chi connectivity index (χ3v) is 4.38. The number of amides is 2. The monoisotopic (exact) mass is 366 g/mol. The van der Waals surface area contributed by atoms with Gasteiger partial charge in [-0.25, -0.2) is 0 Å². The zero-order valence-corrected chi connectivity index (χ0v) is 14.9. The van der Waals surface area contributed by atoms with Crippen LogP contribution in [0.4, 0.5) is 0 Å². The van der Waals surface area contributed by atoms with E-state index in [9.17, 15) is 9.59 Å². The Kier molecular flexibility index (Phi) is 5.87. The Hall–Kier alpha value is -2.85. The lowest BCUT2D eigenvalue weighted by atomic mass is 10.0. The van der Waals surface area contributed by atoms with E-state index in [2.05, 4.69) is 10.9 Å². The predicted octanol–water partition coefficient (Wildman–Crippen LogP) is 3.82. The molecule has 0 heterocycles. The van der Waals surface area contributed by atoms with Crippen molar-refractivity contribution in [2.24, 2.45) is 0 Å². The topological polar surface area (TPSA) is 58.2 Å². The van der Waals surface area contributed by atoms with Crippen LogP contribution in [0.1, 0.15) is 17.5 Å². The fraction of sp³-hybridized carbons (Fsp3) is 0.143. The fourth-order valence-electron chi connectivity index (χ4n) is 2.77. The molecule has 0 radical (unpaired) electrons. The number of carbonyl (C=O) groups excluding carboxylic acids is 2. The number of hydrogen-bond donors (Lipinski definition) is 2. The number of nitrogens with one attached hydrogen (secondary N) is 2. The molecule has 3 aromatic carbocycles. The van der Waals surface area contributed by atoms with Crippen molar-refractivity contribution >= 4 is 34.2 Å². The molecule has 0 saturated heterocycles. The van der Waals surface area contributed by atoms with E-state index in [4.69, 9.17) is 11.6 Å². The van der Waals surface area contributed by atoms with Crippen LogP contribution in [0.15, 0.2) is 66.7 Å². The Morgan fingerprint density at radius 3 is 2.31 bits per heavy atom. The zero-order chi connectivity index (χ0) is 18.4. The molecule has 0 unspecified atom stereocenters. The van der Waals surface area contributed by atoms with E-state index in [-0.39, 0.29) is 24.7 Å². The van der Waals surface area contributed by atoms with Gasteiger partial charge in [-0.15, -0.1) is 0 Å². The second-order valence-corrected chi connectivity index (χ2v) is 6.47. The van der Waals surface area contributed by atoms with Crippen LogP contribution >= 0.6 is 11.6 Å². The number of rotatable bonds is 5. The Bertz CT molecular complexity index is 917. The van der Waals surface area contributed by atoms with Crippen LogP contribution in [0.5, 0.6) is 0 Å². The van der Waals surface area contributed by atoms with Gasteiger partial charge in [-0.05, 0) is 40.5 Å². The Morgan fingerprint density at radius 1 is 0.808 bits per heavy atom.